The summed E-state index contributed by atoms with van der Waals surface area (Å²) in [5, 5.41) is 3.74. The van der Waals surface area contributed by atoms with E-state index in [1.165, 1.54) is 31.4 Å². The van der Waals surface area contributed by atoms with Crippen molar-refractivity contribution in [3.63, 3.8) is 0 Å². The van der Waals surface area contributed by atoms with E-state index in [1.54, 1.807) is 12.1 Å². The van der Waals surface area contributed by atoms with Crippen molar-refractivity contribution in [3.05, 3.63) is 64.7 Å². The molecule has 0 spiro atoms. The molecular weight excluding hydrogens is 426 g/mol. The van der Waals surface area contributed by atoms with Gasteiger partial charge >= 0.3 is 11.9 Å². The van der Waals surface area contributed by atoms with Crippen LogP contribution < -0.4 is 5.32 Å². The van der Waals surface area contributed by atoms with Crippen molar-refractivity contribution in [3.8, 4) is 0 Å². The van der Waals surface area contributed by atoms with Gasteiger partial charge in [0, 0.05) is 37.9 Å². The lowest BCUT2D eigenvalue weighted by molar-refractivity contribution is 0.0599. The summed E-state index contributed by atoms with van der Waals surface area (Å²) < 4.78 is 9.59. The van der Waals surface area contributed by atoms with Gasteiger partial charge in [-0.15, -0.1) is 0 Å². The molecule has 0 aromatic heterocycles. The zero-order valence-electron chi connectivity index (χ0n) is 18.3. The average molecular weight is 454 g/mol. The van der Waals surface area contributed by atoms with Crippen LogP contribution in [0.3, 0.4) is 0 Å². The Morgan fingerprint density at radius 3 is 1.94 bits per heavy atom. The first-order valence-corrected chi connectivity index (χ1v) is 11.1. The van der Waals surface area contributed by atoms with Crippen LogP contribution in [0.5, 0.6) is 0 Å². The standard InChI is InChI=1S/C24H27N3O4S/c1-30-22(28)18-11-19(23(29)31-2)13-20(12-18)25-24(32)27-9-7-26(8-10-27)21-14-16-5-3-4-6-17(16)15-21/h3-6,11-13,21H,7-10,14-15H2,1-2H3,(H,25,32). The molecule has 1 fully saturated rings. The van der Waals surface area contributed by atoms with Crippen LogP contribution in [0.25, 0.3) is 0 Å². The van der Waals surface area contributed by atoms with Crippen LogP contribution in [0.4, 0.5) is 5.69 Å². The topological polar surface area (TPSA) is 71.1 Å². The summed E-state index contributed by atoms with van der Waals surface area (Å²) >= 11 is 5.62. The van der Waals surface area contributed by atoms with Gasteiger partial charge in [0.1, 0.15) is 0 Å². The Morgan fingerprint density at radius 2 is 1.44 bits per heavy atom. The fourth-order valence-corrected chi connectivity index (χ4v) is 4.76. The van der Waals surface area contributed by atoms with E-state index in [4.69, 9.17) is 21.7 Å². The molecule has 1 N–H and O–H groups in total. The smallest absolute Gasteiger partial charge is 0.337 e. The lowest BCUT2D eigenvalue weighted by Crippen LogP contribution is -2.53. The van der Waals surface area contributed by atoms with Gasteiger partial charge in [-0.25, -0.2) is 9.59 Å². The Labute approximate surface area is 193 Å². The molecule has 168 valence electrons. The van der Waals surface area contributed by atoms with Gasteiger partial charge in [-0.2, -0.15) is 0 Å². The third-order valence-electron chi connectivity index (χ3n) is 6.17. The SMILES string of the molecule is COC(=O)c1cc(NC(=S)N2CCN(C3Cc4ccccc4C3)CC2)cc(C(=O)OC)c1. The molecule has 2 aromatic rings. The predicted molar refractivity (Wildman–Crippen MR) is 126 cm³/mol. The lowest BCUT2D eigenvalue weighted by Gasteiger charge is -2.39. The van der Waals surface area contributed by atoms with Gasteiger partial charge in [-0.1, -0.05) is 24.3 Å². The summed E-state index contributed by atoms with van der Waals surface area (Å²) in [7, 11) is 2.60. The number of benzene rings is 2. The molecule has 2 aromatic carbocycles. The summed E-state index contributed by atoms with van der Waals surface area (Å²) in [6.45, 7) is 3.52. The first kappa shape index (κ1) is 22.2. The van der Waals surface area contributed by atoms with Crippen LogP contribution in [-0.4, -0.2) is 73.3 Å². The highest BCUT2D eigenvalue weighted by Crippen LogP contribution is 2.26. The van der Waals surface area contributed by atoms with Gasteiger partial charge in [0.25, 0.3) is 0 Å². The molecule has 1 aliphatic heterocycles. The highest BCUT2D eigenvalue weighted by molar-refractivity contribution is 7.80. The van der Waals surface area contributed by atoms with Crippen molar-refractivity contribution >= 4 is 35.0 Å². The van der Waals surface area contributed by atoms with Gasteiger partial charge in [0.15, 0.2) is 5.11 Å². The van der Waals surface area contributed by atoms with Crippen molar-refractivity contribution in [2.45, 2.75) is 18.9 Å². The maximum Gasteiger partial charge on any atom is 0.337 e. The van der Waals surface area contributed by atoms with Crippen LogP contribution in [-0.2, 0) is 22.3 Å². The maximum absolute atomic E-state index is 12.0. The predicted octanol–water partition coefficient (Wildman–Crippen LogP) is 2.74. The fraction of sp³-hybridized carbons (Fsp3) is 0.375. The molecule has 0 saturated carbocycles. The number of nitrogens with one attached hydrogen (secondary N) is 1. The molecule has 1 heterocycles. The minimum atomic E-state index is -0.532. The number of piperazine rings is 1. The van der Waals surface area contributed by atoms with Gasteiger partial charge < -0.3 is 19.7 Å². The second kappa shape index (κ2) is 9.67. The van der Waals surface area contributed by atoms with Crippen molar-refractivity contribution in [2.75, 3.05) is 45.7 Å². The van der Waals surface area contributed by atoms with E-state index in [0.29, 0.717) is 16.8 Å². The highest BCUT2D eigenvalue weighted by atomic mass is 32.1. The summed E-state index contributed by atoms with van der Waals surface area (Å²) in [5.41, 5.74) is 3.98. The van der Waals surface area contributed by atoms with Crippen molar-refractivity contribution in [1.82, 2.24) is 9.80 Å². The number of fused-ring (bicyclic) bond motifs is 1. The van der Waals surface area contributed by atoms with E-state index < -0.39 is 11.9 Å². The second-order valence-corrected chi connectivity index (χ2v) is 8.45. The summed E-state index contributed by atoms with van der Waals surface area (Å²) in [4.78, 5) is 28.7. The monoisotopic (exact) mass is 453 g/mol. The molecule has 1 aliphatic carbocycles. The number of hydrogen-bond donors (Lipinski definition) is 1. The van der Waals surface area contributed by atoms with Crippen LogP contribution in [0, 0.1) is 0 Å². The molecule has 2 aliphatic rings. The Bertz CT molecular complexity index is 974. The van der Waals surface area contributed by atoms with Crippen LogP contribution in [0.1, 0.15) is 31.8 Å². The van der Waals surface area contributed by atoms with Gasteiger partial charge in [0.05, 0.1) is 25.3 Å². The number of hydrogen-bond acceptors (Lipinski definition) is 6. The maximum atomic E-state index is 12.0. The largest absolute Gasteiger partial charge is 0.465 e. The van der Waals surface area contributed by atoms with Crippen molar-refractivity contribution in [2.24, 2.45) is 0 Å². The number of nitrogens with zero attached hydrogens (tertiary/aromatic N) is 2. The van der Waals surface area contributed by atoms with Crippen molar-refractivity contribution < 1.29 is 19.1 Å². The summed E-state index contributed by atoms with van der Waals surface area (Å²) in [5.74, 6) is -1.06. The Hall–Kier alpha value is -2.97. The number of ether oxygens (including phenoxy) is 2. The quantitative estimate of drug-likeness (QED) is 0.560. The van der Waals surface area contributed by atoms with Crippen LogP contribution in [0.2, 0.25) is 0 Å². The summed E-state index contributed by atoms with van der Waals surface area (Å²) in [6.07, 6.45) is 2.21. The highest BCUT2D eigenvalue weighted by Gasteiger charge is 2.29. The molecule has 0 bridgehead atoms. The molecule has 8 heteroatoms. The van der Waals surface area contributed by atoms with Crippen LogP contribution in [0.15, 0.2) is 42.5 Å². The number of carbonyl (C=O) groups excluding carboxylic acids is 2. The molecule has 0 amide bonds. The Balaban J connectivity index is 1.38. The number of rotatable bonds is 4. The summed E-state index contributed by atoms with van der Waals surface area (Å²) in [6, 6.07) is 13.9. The number of methoxy groups -OCH3 is 2. The number of anilines is 1. The number of carbonyl (C=O) groups is 2. The third-order valence-corrected chi connectivity index (χ3v) is 6.53. The van der Waals surface area contributed by atoms with Crippen molar-refractivity contribution in [1.29, 1.82) is 0 Å². The zero-order chi connectivity index (χ0) is 22.7. The third kappa shape index (κ3) is 4.76. The first-order valence-electron chi connectivity index (χ1n) is 10.7. The number of thiocarbonyl (C=S) groups is 1. The first-order chi connectivity index (χ1) is 15.5. The molecule has 0 unspecified atom stereocenters. The van der Waals surface area contributed by atoms with E-state index in [9.17, 15) is 9.59 Å². The molecular formula is C24H27N3O4S. The minimum Gasteiger partial charge on any atom is -0.465 e. The zero-order valence-corrected chi connectivity index (χ0v) is 19.1. The molecule has 0 atom stereocenters. The minimum absolute atomic E-state index is 0.256. The second-order valence-electron chi connectivity index (χ2n) is 8.07. The van der Waals surface area contributed by atoms with E-state index in [1.807, 2.05) is 0 Å². The van der Waals surface area contributed by atoms with E-state index in [0.717, 1.165) is 39.0 Å². The fourth-order valence-electron chi connectivity index (χ4n) is 4.46. The molecule has 7 nitrogen and oxygen atoms in total. The molecule has 1 saturated heterocycles. The Kier molecular flexibility index (Phi) is 6.72. The van der Waals surface area contributed by atoms with Gasteiger partial charge in [-0.05, 0) is 54.4 Å². The molecule has 4 rings (SSSR count). The molecule has 32 heavy (non-hydrogen) atoms. The van der Waals surface area contributed by atoms with E-state index in [-0.39, 0.29) is 11.1 Å². The Morgan fingerprint density at radius 1 is 0.906 bits per heavy atom. The van der Waals surface area contributed by atoms with Gasteiger partial charge in [0.2, 0.25) is 0 Å². The van der Waals surface area contributed by atoms with E-state index >= 15 is 0 Å². The number of esters is 2. The average Bonchev–Trinajstić information content (AvgIpc) is 3.27. The molecule has 0 radical (unpaired) electrons. The normalized spacial score (nSPS) is 16.4. The lowest BCUT2D eigenvalue weighted by atomic mass is 10.1. The van der Waals surface area contributed by atoms with Gasteiger partial charge in [-0.3, -0.25) is 4.90 Å². The van der Waals surface area contributed by atoms with E-state index in [2.05, 4.69) is 39.4 Å². The van der Waals surface area contributed by atoms with Crippen LogP contribution >= 0.6 is 12.2 Å².